The Balaban J connectivity index is 1.70. The maximum Gasteiger partial charge on any atom is 0.433 e. The van der Waals surface area contributed by atoms with E-state index in [0.29, 0.717) is 25.9 Å². The molecule has 0 amide bonds. The molecule has 0 saturated carbocycles. The summed E-state index contributed by atoms with van der Waals surface area (Å²) in [6.07, 6.45) is 0. The molecule has 0 spiro atoms. The Morgan fingerprint density at radius 2 is 2.17 bits per heavy atom. The lowest BCUT2D eigenvalue weighted by Crippen LogP contribution is -1.84. The smallest absolute Gasteiger partial charge is 0.398 e. The quantitative estimate of drug-likeness (QED) is 0.364. The van der Waals surface area contributed by atoms with Crippen LogP contribution in [0.3, 0.4) is 0 Å². The predicted octanol–water partition coefficient (Wildman–Crippen LogP) is 4.79. The molecule has 10 heteroatoms. The van der Waals surface area contributed by atoms with Crippen LogP contribution in [0, 0.1) is 15.9 Å². The van der Waals surface area contributed by atoms with Crippen LogP contribution in [0.5, 0.6) is 0 Å². The van der Waals surface area contributed by atoms with Gasteiger partial charge in [0.15, 0.2) is 15.1 Å². The molecule has 6 nitrogen and oxygen atoms in total. The van der Waals surface area contributed by atoms with Gasteiger partial charge in [0.2, 0.25) is 0 Å². The van der Waals surface area contributed by atoms with Gasteiger partial charge in [-0.1, -0.05) is 40.8 Å². The molecule has 2 heterocycles. The van der Waals surface area contributed by atoms with Crippen LogP contribution in [-0.4, -0.2) is 15.1 Å². The van der Waals surface area contributed by atoms with Gasteiger partial charge in [-0.2, -0.15) is 0 Å². The van der Waals surface area contributed by atoms with Gasteiger partial charge in [0.1, 0.15) is 10.7 Å². The fourth-order valence-corrected chi connectivity index (χ4v) is 3.82. The minimum Gasteiger partial charge on any atom is -0.398 e. The first-order chi connectivity index (χ1) is 11.0. The molecule has 0 saturated heterocycles. The van der Waals surface area contributed by atoms with Gasteiger partial charge in [0.25, 0.3) is 0 Å². The third-order valence-corrected chi connectivity index (χ3v) is 5.23. The number of nitro groups is 1. The lowest BCUT2D eigenvalue weighted by atomic mass is 10.2. The first-order valence-corrected chi connectivity index (χ1v) is 8.36. The molecule has 23 heavy (non-hydrogen) atoms. The van der Waals surface area contributed by atoms with Crippen LogP contribution in [0.1, 0.15) is 5.56 Å². The fraction of sp³-hybridized carbons (Fsp3) is 0.0769. The number of aromatic nitrogens is 2. The van der Waals surface area contributed by atoms with Crippen molar-refractivity contribution in [3.63, 3.8) is 0 Å². The summed E-state index contributed by atoms with van der Waals surface area (Å²) in [5.41, 5.74) is 0.781. The number of furan rings is 1. The molecule has 118 valence electrons. The minimum absolute atomic E-state index is 0.292. The highest BCUT2D eigenvalue weighted by Gasteiger charge is 2.16. The van der Waals surface area contributed by atoms with E-state index < -0.39 is 4.92 Å². The third-order valence-electron chi connectivity index (χ3n) is 2.76. The van der Waals surface area contributed by atoms with Crippen molar-refractivity contribution in [2.24, 2.45) is 0 Å². The van der Waals surface area contributed by atoms with E-state index in [1.54, 1.807) is 6.07 Å². The zero-order valence-corrected chi connectivity index (χ0v) is 13.6. The van der Waals surface area contributed by atoms with Crippen LogP contribution in [-0.2, 0) is 5.75 Å². The highest BCUT2D eigenvalue weighted by atomic mass is 35.5. The van der Waals surface area contributed by atoms with E-state index in [9.17, 15) is 14.5 Å². The molecule has 2 aromatic heterocycles. The SMILES string of the molecule is O=[N+]([O-])c1ccc(-c2nnc(SCc3ccc(F)cc3Cl)s2)o1. The summed E-state index contributed by atoms with van der Waals surface area (Å²) in [4.78, 5) is 9.99. The Morgan fingerprint density at radius 1 is 1.35 bits per heavy atom. The molecule has 1 aromatic carbocycles. The fourth-order valence-electron chi connectivity index (χ4n) is 1.69. The normalized spacial score (nSPS) is 10.9. The summed E-state index contributed by atoms with van der Waals surface area (Å²) < 4.78 is 18.7. The van der Waals surface area contributed by atoms with Gasteiger partial charge in [-0.15, -0.1) is 10.2 Å². The number of nitrogens with zero attached hydrogens (tertiary/aromatic N) is 3. The van der Waals surface area contributed by atoms with Gasteiger partial charge < -0.3 is 4.42 Å². The molecule has 0 bridgehead atoms. The van der Waals surface area contributed by atoms with Gasteiger partial charge in [0.05, 0.1) is 6.07 Å². The predicted molar refractivity (Wildman–Crippen MR) is 85.2 cm³/mol. The van der Waals surface area contributed by atoms with E-state index in [1.807, 2.05) is 0 Å². The average molecular weight is 372 g/mol. The molecular formula is C13H7ClFN3O3S2. The highest BCUT2D eigenvalue weighted by Crippen LogP contribution is 2.34. The van der Waals surface area contributed by atoms with Crippen LogP contribution in [0.25, 0.3) is 10.8 Å². The van der Waals surface area contributed by atoms with Gasteiger partial charge in [-0.25, -0.2) is 4.39 Å². The summed E-state index contributed by atoms with van der Waals surface area (Å²) in [6.45, 7) is 0. The van der Waals surface area contributed by atoms with Crippen LogP contribution in [0.2, 0.25) is 5.02 Å². The van der Waals surface area contributed by atoms with E-state index in [1.165, 1.54) is 47.4 Å². The van der Waals surface area contributed by atoms with Crippen LogP contribution in [0.4, 0.5) is 10.3 Å². The van der Waals surface area contributed by atoms with Crippen molar-refractivity contribution >= 4 is 40.6 Å². The Hall–Kier alpha value is -1.97. The van der Waals surface area contributed by atoms with Crippen molar-refractivity contribution in [2.75, 3.05) is 0 Å². The van der Waals surface area contributed by atoms with Crippen molar-refractivity contribution in [2.45, 2.75) is 10.1 Å². The Morgan fingerprint density at radius 3 is 2.87 bits per heavy atom. The average Bonchev–Trinajstić information content (AvgIpc) is 3.15. The molecule has 0 fully saturated rings. The van der Waals surface area contributed by atoms with Gasteiger partial charge in [0, 0.05) is 10.8 Å². The number of hydrogen-bond acceptors (Lipinski definition) is 7. The summed E-state index contributed by atoms with van der Waals surface area (Å²) in [5, 5.41) is 19.3. The maximum absolute atomic E-state index is 13.0. The van der Waals surface area contributed by atoms with Crippen LogP contribution < -0.4 is 0 Å². The molecule has 0 N–H and O–H groups in total. The first-order valence-electron chi connectivity index (χ1n) is 6.18. The molecule has 0 aliphatic heterocycles. The Labute approximate surface area is 142 Å². The molecule has 0 radical (unpaired) electrons. The van der Waals surface area contributed by atoms with E-state index in [4.69, 9.17) is 16.0 Å². The number of benzene rings is 1. The molecule has 0 aliphatic carbocycles. The standard InChI is InChI=1S/C13H7ClFN3O3S2/c14-9-5-8(15)2-1-7(9)6-22-13-17-16-12(23-13)10-3-4-11(21-10)18(19)20/h1-5H,6H2. The molecule has 0 aliphatic rings. The van der Waals surface area contributed by atoms with Crippen molar-refractivity contribution < 1.29 is 13.7 Å². The van der Waals surface area contributed by atoms with E-state index in [0.717, 1.165) is 5.56 Å². The summed E-state index contributed by atoms with van der Waals surface area (Å²) in [7, 11) is 0. The van der Waals surface area contributed by atoms with E-state index in [2.05, 4.69) is 10.2 Å². The molecular weight excluding hydrogens is 365 g/mol. The van der Waals surface area contributed by atoms with E-state index in [-0.39, 0.29) is 11.7 Å². The van der Waals surface area contributed by atoms with E-state index >= 15 is 0 Å². The molecule has 0 atom stereocenters. The monoisotopic (exact) mass is 371 g/mol. The minimum atomic E-state index is -0.614. The van der Waals surface area contributed by atoms with Crippen molar-refractivity contribution in [1.29, 1.82) is 0 Å². The molecule has 3 aromatic rings. The number of halogens is 2. The first kappa shape index (κ1) is 15.9. The van der Waals surface area contributed by atoms with Crippen LogP contribution >= 0.6 is 34.7 Å². The highest BCUT2D eigenvalue weighted by molar-refractivity contribution is 8.00. The summed E-state index contributed by atoms with van der Waals surface area (Å²) in [6, 6.07) is 6.95. The Kier molecular flexibility index (Phi) is 4.60. The zero-order valence-electron chi connectivity index (χ0n) is 11.2. The van der Waals surface area contributed by atoms with Gasteiger partial charge in [-0.3, -0.25) is 10.1 Å². The van der Waals surface area contributed by atoms with Gasteiger partial charge in [-0.05, 0) is 23.8 Å². The number of thioether (sulfide) groups is 1. The summed E-state index contributed by atoms with van der Waals surface area (Å²) >= 11 is 8.60. The third kappa shape index (κ3) is 3.69. The zero-order chi connectivity index (χ0) is 16.4. The lowest BCUT2D eigenvalue weighted by Gasteiger charge is -2.01. The molecule has 3 rings (SSSR count). The second-order valence-electron chi connectivity index (χ2n) is 4.29. The Bertz CT molecular complexity index is 868. The molecule has 0 unspecified atom stereocenters. The topological polar surface area (TPSA) is 82.1 Å². The number of rotatable bonds is 5. The summed E-state index contributed by atoms with van der Waals surface area (Å²) in [5.74, 6) is 0.0659. The number of hydrogen-bond donors (Lipinski definition) is 0. The second kappa shape index (κ2) is 6.65. The maximum atomic E-state index is 13.0. The van der Waals surface area contributed by atoms with Crippen molar-refractivity contribution in [3.05, 3.63) is 56.8 Å². The van der Waals surface area contributed by atoms with Crippen molar-refractivity contribution in [3.8, 4) is 10.8 Å². The second-order valence-corrected chi connectivity index (χ2v) is 6.90. The lowest BCUT2D eigenvalue weighted by molar-refractivity contribution is -0.401. The van der Waals surface area contributed by atoms with Crippen molar-refractivity contribution in [1.82, 2.24) is 10.2 Å². The largest absolute Gasteiger partial charge is 0.433 e. The van der Waals surface area contributed by atoms with Gasteiger partial charge >= 0.3 is 5.88 Å². The van der Waals surface area contributed by atoms with Crippen LogP contribution in [0.15, 0.2) is 39.1 Å².